The molecular formula is C16H21ClN4O3. The van der Waals surface area contributed by atoms with Crippen molar-refractivity contribution >= 4 is 34.9 Å². The first-order valence-corrected chi connectivity index (χ1v) is 8.35. The molecule has 0 aromatic carbocycles. The van der Waals surface area contributed by atoms with Gasteiger partial charge in [0.15, 0.2) is 5.58 Å². The van der Waals surface area contributed by atoms with Crippen LogP contribution in [0.1, 0.15) is 33.6 Å². The van der Waals surface area contributed by atoms with Crippen molar-refractivity contribution in [2.24, 2.45) is 0 Å². The molecule has 1 atom stereocenters. The summed E-state index contributed by atoms with van der Waals surface area (Å²) in [5.41, 5.74) is 0.536. The normalized spacial score (nSPS) is 18.7. The predicted octanol–water partition coefficient (Wildman–Crippen LogP) is 3.69. The van der Waals surface area contributed by atoms with Crippen LogP contribution in [0.25, 0.3) is 11.2 Å². The molecule has 0 saturated carbocycles. The molecule has 0 bridgehead atoms. The van der Waals surface area contributed by atoms with Crippen molar-refractivity contribution in [1.82, 2.24) is 14.9 Å². The predicted molar refractivity (Wildman–Crippen MR) is 91.3 cm³/mol. The standard InChI is InChI=1S/C16H21ClN4O3/c1-16(2,3)24-15(22)21-8-4-5-10(9-21)18-14-20-13-11(23-14)6-7-12(17)19-13/h6-7,10H,4-5,8-9H2,1-3H3,(H,18,19,20)/t10-/m1/s1. The minimum Gasteiger partial charge on any atom is -0.444 e. The quantitative estimate of drug-likeness (QED) is 0.830. The van der Waals surface area contributed by atoms with Gasteiger partial charge in [0.25, 0.3) is 6.01 Å². The number of piperidine rings is 1. The first-order valence-electron chi connectivity index (χ1n) is 7.98. The molecule has 1 fully saturated rings. The minimum atomic E-state index is -0.497. The van der Waals surface area contributed by atoms with E-state index in [0.717, 1.165) is 12.8 Å². The Labute approximate surface area is 145 Å². The molecule has 0 unspecified atom stereocenters. The zero-order valence-corrected chi connectivity index (χ0v) is 14.8. The number of nitrogens with zero attached hydrogens (tertiary/aromatic N) is 3. The van der Waals surface area contributed by atoms with E-state index in [2.05, 4.69) is 15.3 Å². The fourth-order valence-corrected chi connectivity index (χ4v) is 2.76. The van der Waals surface area contributed by atoms with Crippen molar-refractivity contribution in [3.63, 3.8) is 0 Å². The Morgan fingerprint density at radius 2 is 2.21 bits per heavy atom. The van der Waals surface area contributed by atoms with Crippen LogP contribution in [0, 0.1) is 0 Å². The van der Waals surface area contributed by atoms with E-state index in [1.807, 2.05) is 20.8 Å². The van der Waals surface area contributed by atoms with E-state index in [9.17, 15) is 4.79 Å². The number of likely N-dealkylation sites (tertiary alicyclic amines) is 1. The van der Waals surface area contributed by atoms with Crippen molar-refractivity contribution in [2.75, 3.05) is 18.4 Å². The second-order valence-corrected chi connectivity index (χ2v) is 7.27. The van der Waals surface area contributed by atoms with Crippen molar-refractivity contribution in [1.29, 1.82) is 0 Å². The maximum Gasteiger partial charge on any atom is 0.410 e. The summed E-state index contributed by atoms with van der Waals surface area (Å²) in [6, 6.07) is 3.83. The van der Waals surface area contributed by atoms with E-state index in [1.54, 1.807) is 17.0 Å². The van der Waals surface area contributed by atoms with E-state index in [0.29, 0.717) is 35.5 Å². The summed E-state index contributed by atoms with van der Waals surface area (Å²) in [5.74, 6) is 0. The van der Waals surface area contributed by atoms with Crippen LogP contribution in [-0.2, 0) is 4.74 Å². The summed E-state index contributed by atoms with van der Waals surface area (Å²) < 4.78 is 11.1. The Hall–Kier alpha value is -2.02. The number of ether oxygens (including phenoxy) is 1. The van der Waals surface area contributed by atoms with Crippen LogP contribution >= 0.6 is 11.6 Å². The summed E-state index contributed by atoms with van der Waals surface area (Å²) in [6.45, 7) is 6.82. The van der Waals surface area contributed by atoms with Gasteiger partial charge in [0, 0.05) is 19.1 Å². The number of hydrogen-bond donors (Lipinski definition) is 1. The van der Waals surface area contributed by atoms with E-state index < -0.39 is 5.60 Å². The van der Waals surface area contributed by atoms with Crippen LogP contribution < -0.4 is 5.32 Å². The van der Waals surface area contributed by atoms with E-state index in [4.69, 9.17) is 20.8 Å². The van der Waals surface area contributed by atoms with Crippen LogP contribution in [0.5, 0.6) is 0 Å². The zero-order valence-electron chi connectivity index (χ0n) is 14.0. The molecule has 1 aliphatic heterocycles. The van der Waals surface area contributed by atoms with Gasteiger partial charge in [0.1, 0.15) is 10.8 Å². The Balaban J connectivity index is 1.65. The highest BCUT2D eigenvalue weighted by Crippen LogP contribution is 2.22. The Morgan fingerprint density at radius 1 is 1.42 bits per heavy atom. The number of anilines is 1. The number of nitrogens with one attached hydrogen (secondary N) is 1. The number of halogens is 1. The number of carbonyl (C=O) groups excluding carboxylic acids is 1. The van der Waals surface area contributed by atoms with E-state index in [1.165, 1.54) is 0 Å². The molecule has 7 nitrogen and oxygen atoms in total. The van der Waals surface area contributed by atoms with Gasteiger partial charge in [-0.25, -0.2) is 9.78 Å². The highest BCUT2D eigenvalue weighted by molar-refractivity contribution is 6.29. The second kappa shape index (κ2) is 6.47. The van der Waals surface area contributed by atoms with Crippen molar-refractivity contribution < 1.29 is 13.9 Å². The average Bonchev–Trinajstić information content (AvgIpc) is 2.87. The first kappa shape index (κ1) is 16.8. The smallest absolute Gasteiger partial charge is 0.410 e. The van der Waals surface area contributed by atoms with Gasteiger partial charge in [-0.2, -0.15) is 4.98 Å². The second-order valence-electron chi connectivity index (χ2n) is 6.88. The number of pyridine rings is 1. The lowest BCUT2D eigenvalue weighted by molar-refractivity contribution is 0.0205. The lowest BCUT2D eigenvalue weighted by Gasteiger charge is -2.34. The van der Waals surface area contributed by atoms with Crippen LogP contribution in [0.3, 0.4) is 0 Å². The summed E-state index contributed by atoms with van der Waals surface area (Å²) in [6.07, 6.45) is 1.52. The summed E-state index contributed by atoms with van der Waals surface area (Å²) >= 11 is 5.86. The van der Waals surface area contributed by atoms with Crippen LogP contribution in [0.4, 0.5) is 10.8 Å². The molecule has 2 aromatic heterocycles. The van der Waals surface area contributed by atoms with Crippen molar-refractivity contribution in [3.8, 4) is 0 Å². The monoisotopic (exact) mass is 352 g/mol. The SMILES string of the molecule is CC(C)(C)OC(=O)N1CCC[C@@H](Nc2nc3nc(Cl)ccc3o2)C1. The number of amides is 1. The number of carbonyl (C=O) groups is 1. The topological polar surface area (TPSA) is 80.5 Å². The van der Waals surface area contributed by atoms with Gasteiger partial charge in [-0.15, -0.1) is 0 Å². The number of rotatable bonds is 2. The molecule has 0 radical (unpaired) electrons. The molecule has 1 N–H and O–H groups in total. The van der Waals surface area contributed by atoms with Gasteiger partial charge in [0.2, 0.25) is 5.65 Å². The molecule has 8 heteroatoms. The largest absolute Gasteiger partial charge is 0.444 e. The molecule has 1 amide bonds. The molecule has 0 aliphatic carbocycles. The lowest BCUT2D eigenvalue weighted by Crippen LogP contribution is -2.47. The Kier molecular flexibility index (Phi) is 4.54. The minimum absolute atomic E-state index is 0.0507. The summed E-state index contributed by atoms with van der Waals surface area (Å²) in [4.78, 5) is 22.3. The average molecular weight is 353 g/mol. The van der Waals surface area contributed by atoms with Crippen LogP contribution in [0.15, 0.2) is 16.5 Å². The molecular weight excluding hydrogens is 332 g/mol. The molecule has 1 aliphatic rings. The molecule has 0 spiro atoms. The van der Waals surface area contributed by atoms with Gasteiger partial charge in [-0.3, -0.25) is 0 Å². The lowest BCUT2D eigenvalue weighted by atomic mass is 10.1. The van der Waals surface area contributed by atoms with Crippen molar-refractivity contribution in [3.05, 3.63) is 17.3 Å². The third kappa shape index (κ3) is 4.08. The number of fused-ring (bicyclic) bond motifs is 1. The van der Waals surface area contributed by atoms with Gasteiger partial charge < -0.3 is 19.4 Å². The highest BCUT2D eigenvalue weighted by Gasteiger charge is 2.28. The van der Waals surface area contributed by atoms with Crippen LogP contribution in [0.2, 0.25) is 5.15 Å². The fourth-order valence-electron chi connectivity index (χ4n) is 2.62. The maximum absolute atomic E-state index is 12.2. The maximum atomic E-state index is 12.2. The summed E-state index contributed by atoms with van der Waals surface area (Å²) in [5, 5.41) is 3.60. The van der Waals surface area contributed by atoms with Gasteiger partial charge in [-0.05, 0) is 45.7 Å². The van der Waals surface area contributed by atoms with Gasteiger partial charge in [0.05, 0.1) is 0 Å². The molecule has 24 heavy (non-hydrogen) atoms. The van der Waals surface area contributed by atoms with Crippen LogP contribution in [-0.4, -0.2) is 45.7 Å². The Bertz CT molecular complexity index is 740. The third-order valence-electron chi connectivity index (χ3n) is 3.62. The fraction of sp³-hybridized carbons (Fsp3) is 0.562. The third-order valence-corrected chi connectivity index (χ3v) is 3.83. The molecule has 3 rings (SSSR count). The van der Waals surface area contributed by atoms with Gasteiger partial charge >= 0.3 is 6.09 Å². The molecule has 130 valence electrons. The zero-order chi connectivity index (χ0) is 17.3. The number of hydrogen-bond acceptors (Lipinski definition) is 6. The molecule has 3 heterocycles. The van der Waals surface area contributed by atoms with E-state index in [-0.39, 0.29) is 12.1 Å². The number of oxazole rings is 1. The van der Waals surface area contributed by atoms with Crippen molar-refractivity contribution in [2.45, 2.75) is 45.3 Å². The molecule has 1 saturated heterocycles. The Morgan fingerprint density at radius 3 is 2.96 bits per heavy atom. The highest BCUT2D eigenvalue weighted by atomic mass is 35.5. The summed E-state index contributed by atoms with van der Waals surface area (Å²) in [7, 11) is 0. The van der Waals surface area contributed by atoms with E-state index >= 15 is 0 Å². The number of aromatic nitrogens is 2. The first-order chi connectivity index (χ1) is 11.3. The molecule has 2 aromatic rings. The van der Waals surface area contributed by atoms with Gasteiger partial charge in [-0.1, -0.05) is 11.6 Å².